The minimum absolute atomic E-state index is 0.150. The molecule has 0 aliphatic carbocycles. The Kier molecular flexibility index (Phi) is 6.10. The maximum Gasteiger partial charge on any atom is 0.257 e. The Hall–Kier alpha value is -3.18. The number of hydrogen-bond donors (Lipinski definition) is 2. The summed E-state index contributed by atoms with van der Waals surface area (Å²) in [5.41, 5.74) is 1.08. The van der Waals surface area contributed by atoms with Gasteiger partial charge in [0.1, 0.15) is 5.82 Å². The molecule has 2 heterocycles. The second-order valence-corrected chi connectivity index (χ2v) is 8.29. The highest BCUT2D eigenvalue weighted by atomic mass is 32.2. The molecule has 1 aliphatic heterocycles. The van der Waals surface area contributed by atoms with Gasteiger partial charge in [0.05, 0.1) is 5.75 Å². The van der Waals surface area contributed by atoms with Crippen LogP contribution in [0, 0.1) is 5.82 Å². The SMILES string of the molecule is O=C(CSc1nnc(NC(=O)c2cccc(F)c2)s1)NCc1ccc2c(c1)OCO2. The Labute approximate surface area is 178 Å². The van der Waals surface area contributed by atoms with Crippen molar-refractivity contribution in [2.75, 3.05) is 17.9 Å². The minimum atomic E-state index is -0.497. The van der Waals surface area contributed by atoms with Crippen LogP contribution in [0.25, 0.3) is 0 Å². The van der Waals surface area contributed by atoms with Crippen LogP contribution in [-0.2, 0) is 11.3 Å². The number of amides is 2. The third-order valence-electron chi connectivity index (χ3n) is 3.97. The average Bonchev–Trinajstić information content (AvgIpc) is 3.39. The van der Waals surface area contributed by atoms with Crippen LogP contribution in [0.3, 0.4) is 0 Å². The number of aromatic nitrogens is 2. The van der Waals surface area contributed by atoms with Crippen molar-refractivity contribution in [3.05, 3.63) is 59.4 Å². The Bertz CT molecular complexity index is 1090. The summed E-state index contributed by atoms with van der Waals surface area (Å²) in [6.07, 6.45) is 0. The maximum atomic E-state index is 13.2. The van der Waals surface area contributed by atoms with E-state index in [0.717, 1.165) is 23.0 Å². The largest absolute Gasteiger partial charge is 0.454 e. The lowest BCUT2D eigenvalue weighted by atomic mass is 10.2. The van der Waals surface area contributed by atoms with Crippen LogP contribution in [0.1, 0.15) is 15.9 Å². The van der Waals surface area contributed by atoms with E-state index in [1.807, 2.05) is 12.1 Å². The summed E-state index contributed by atoms with van der Waals surface area (Å²) in [7, 11) is 0. The van der Waals surface area contributed by atoms with E-state index < -0.39 is 11.7 Å². The number of hydrogen-bond acceptors (Lipinski definition) is 8. The summed E-state index contributed by atoms with van der Waals surface area (Å²) in [5, 5.41) is 13.5. The molecule has 8 nitrogen and oxygen atoms in total. The molecule has 0 saturated carbocycles. The smallest absolute Gasteiger partial charge is 0.257 e. The molecule has 4 rings (SSSR count). The van der Waals surface area contributed by atoms with Gasteiger partial charge in [0.25, 0.3) is 5.91 Å². The molecule has 2 aromatic carbocycles. The zero-order chi connectivity index (χ0) is 20.9. The van der Waals surface area contributed by atoms with Gasteiger partial charge in [-0.15, -0.1) is 10.2 Å². The summed E-state index contributed by atoms with van der Waals surface area (Å²) >= 11 is 2.34. The van der Waals surface area contributed by atoms with Crippen LogP contribution >= 0.6 is 23.1 Å². The van der Waals surface area contributed by atoms with Gasteiger partial charge in [-0.1, -0.05) is 35.2 Å². The Balaban J connectivity index is 1.24. The number of anilines is 1. The molecule has 3 aromatic rings. The first-order chi connectivity index (χ1) is 14.6. The maximum absolute atomic E-state index is 13.2. The Morgan fingerprint density at radius 2 is 2.00 bits per heavy atom. The van der Waals surface area contributed by atoms with E-state index in [1.165, 1.54) is 30.0 Å². The van der Waals surface area contributed by atoms with Crippen LogP contribution in [0.5, 0.6) is 11.5 Å². The molecule has 30 heavy (non-hydrogen) atoms. The highest BCUT2D eigenvalue weighted by molar-refractivity contribution is 8.01. The molecule has 0 atom stereocenters. The molecule has 1 aliphatic rings. The van der Waals surface area contributed by atoms with Crippen LogP contribution in [0.15, 0.2) is 46.8 Å². The molecule has 11 heteroatoms. The van der Waals surface area contributed by atoms with Gasteiger partial charge in [0.2, 0.25) is 17.8 Å². The monoisotopic (exact) mass is 446 g/mol. The van der Waals surface area contributed by atoms with E-state index in [1.54, 1.807) is 6.07 Å². The standard InChI is InChI=1S/C19H15FN4O4S2/c20-13-3-1-2-12(7-13)17(26)22-18-23-24-19(30-18)29-9-16(25)21-8-11-4-5-14-15(6-11)28-10-27-14/h1-7H,8-10H2,(H,21,25)(H,22,23,26). The van der Waals surface area contributed by atoms with Gasteiger partial charge < -0.3 is 14.8 Å². The summed E-state index contributed by atoms with van der Waals surface area (Å²) < 4.78 is 24.3. The van der Waals surface area contributed by atoms with Crippen molar-refractivity contribution in [3.63, 3.8) is 0 Å². The molecule has 0 unspecified atom stereocenters. The molecular weight excluding hydrogens is 431 g/mol. The molecule has 2 amide bonds. The van der Waals surface area contributed by atoms with E-state index in [9.17, 15) is 14.0 Å². The molecule has 0 radical (unpaired) electrons. The number of nitrogens with zero attached hydrogens (tertiary/aromatic N) is 2. The molecule has 154 valence electrons. The van der Waals surface area contributed by atoms with Gasteiger partial charge in [-0.2, -0.15) is 0 Å². The number of rotatable bonds is 7. The van der Waals surface area contributed by atoms with Crippen molar-refractivity contribution in [1.29, 1.82) is 0 Å². The van der Waals surface area contributed by atoms with E-state index in [0.29, 0.717) is 22.4 Å². The van der Waals surface area contributed by atoms with Crippen molar-refractivity contribution < 1.29 is 23.5 Å². The molecule has 0 bridgehead atoms. The summed E-state index contributed by atoms with van der Waals surface area (Å²) in [6, 6.07) is 10.8. The molecule has 2 N–H and O–H groups in total. The zero-order valence-electron chi connectivity index (χ0n) is 15.4. The summed E-state index contributed by atoms with van der Waals surface area (Å²) in [5.74, 6) is 0.358. The van der Waals surface area contributed by atoms with Crippen LogP contribution in [0.2, 0.25) is 0 Å². The fraction of sp³-hybridized carbons (Fsp3) is 0.158. The van der Waals surface area contributed by atoms with Crippen molar-refractivity contribution in [2.45, 2.75) is 10.9 Å². The van der Waals surface area contributed by atoms with Crippen LogP contribution in [-0.4, -0.2) is 34.6 Å². The number of fused-ring (bicyclic) bond motifs is 1. The molecule has 0 fully saturated rings. The van der Waals surface area contributed by atoms with Crippen molar-refractivity contribution in [1.82, 2.24) is 15.5 Å². The predicted molar refractivity (Wildman–Crippen MR) is 109 cm³/mol. The zero-order valence-corrected chi connectivity index (χ0v) is 17.0. The fourth-order valence-corrected chi connectivity index (χ4v) is 4.12. The van der Waals surface area contributed by atoms with Crippen molar-refractivity contribution in [2.24, 2.45) is 0 Å². The normalized spacial score (nSPS) is 11.9. The van der Waals surface area contributed by atoms with Gasteiger partial charge in [0.15, 0.2) is 15.8 Å². The minimum Gasteiger partial charge on any atom is -0.454 e. The van der Waals surface area contributed by atoms with E-state index in [2.05, 4.69) is 20.8 Å². The van der Waals surface area contributed by atoms with Gasteiger partial charge in [-0.05, 0) is 35.9 Å². The first-order valence-electron chi connectivity index (χ1n) is 8.75. The quantitative estimate of drug-likeness (QED) is 0.425. The molecular formula is C19H15FN4O4S2. The van der Waals surface area contributed by atoms with E-state index in [-0.39, 0.29) is 29.1 Å². The second kappa shape index (κ2) is 9.09. The lowest BCUT2D eigenvalue weighted by Gasteiger charge is -2.05. The lowest BCUT2D eigenvalue weighted by Crippen LogP contribution is -2.24. The first kappa shape index (κ1) is 20.1. The number of carbonyl (C=O) groups excluding carboxylic acids is 2. The third-order valence-corrected chi connectivity index (χ3v) is 5.94. The average molecular weight is 446 g/mol. The van der Waals surface area contributed by atoms with Gasteiger partial charge >= 0.3 is 0 Å². The number of halogens is 1. The number of benzene rings is 2. The Morgan fingerprint density at radius 1 is 1.13 bits per heavy atom. The first-order valence-corrected chi connectivity index (χ1v) is 10.6. The number of nitrogens with one attached hydrogen (secondary N) is 2. The third kappa shape index (κ3) is 5.05. The number of carbonyl (C=O) groups is 2. The van der Waals surface area contributed by atoms with Gasteiger partial charge in [-0.3, -0.25) is 14.9 Å². The topological polar surface area (TPSA) is 102 Å². The molecule has 1 aromatic heterocycles. The second-order valence-electron chi connectivity index (χ2n) is 6.09. The van der Waals surface area contributed by atoms with Crippen LogP contribution in [0.4, 0.5) is 9.52 Å². The van der Waals surface area contributed by atoms with E-state index in [4.69, 9.17) is 9.47 Å². The predicted octanol–water partition coefficient (Wildman–Crippen LogP) is 3.07. The Morgan fingerprint density at radius 3 is 2.87 bits per heavy atom. The summed E-state index contributed by atoms with van der Waals surface area (Å²) in [6.45, 7) is 0.565. The van der Waals surface area contributed by atoms with Crippen molar-refractivity contribution in [3.8, 4) is 11.5 Å². The number of ether oxygens (including phenoxy) is 2. The van der Waals surface area contributed by atoms with Crippen molar-refractivity contribution >= 4 is 40.0 Å². The van der Waals surface area contributed by atoms with Gasteiger partial charge in [-0.25, -0.2) is 4.39 Å². The van der Waals surface area contributed by atoms with E-state index >= 15 is 0 Å². The number of thioether (sulfide) groups is 1. The fourth-order valence-electron chi connectivity index (χ4n) is 2.55. The lowest BCUT2D eigenvalue weighted by molar-refractivity contribution is -0.118. The van der Waals surface area contributed by atoms with Crippen LogP contribution < -0.4 is 20.1 Å². The highest BCUT2D eigenvalue weighted by Gasteiger charge is 2.14. The molecule has 0 spiro atoms. The summed E-state index contributed by atoms with van der Waals surface area (Å²) in [4.78, 5) is 24.2. The molecule has 0 saturated heterocycles. The van der Waals surface area contributed by atoms with Gasteiger partial charge in [0, 0.05) is 12.1 Å². The highest BCUT2D eigenvalue weighted by Crippen LogP contribution is 2.32.